The molecule has 4 rings (SSSR count). The zero-order valence-electron chi connectivity index (χ0n) is 13.9. The number of nitrogens with zero attached hydrogens (tertiary/aromatic N) is 4. The van der Waals surface area contributed by atoms with E-state index >= 15 is 0 Å². The van der Waals surface area contributed by atoms with Crippen LogP contribution in [0, 0.1) is 0 Å². The molecule has 0 saturated carbocycles. The van der Waals surface area contributed by atoms with Gasteiger partial charge in [0.1, 0.15) is 13.3 Å². The van der Waals surface area contributed by atoms with Crippen molar-refractivity contribution >= 4 is 23.1 Å². The van der Waals surface area contributed by atoms with Crippen molar-refractivity contribution in [3.63, 3.8) is 0 Å². The number of rotatable bonds is 3. The molecule has 0 radical (unpaired) electrons. The summed E-state index contributed by atoms with van der Waals surface area (Å²) in [5.41, 5.74) is 3.16. The Hall–Kier alpha value is -2.73. The van der Waals surface area contributed by atoms with Crippen LogP contribution >= 0.6 is 11.3 Å². The number of aromatic nitrogens is 2. The summed E-state index contributed by atoms with van der Waals surface area (Å²) in [6.07, 6.45) is 4.57. The van der Waals surface area contributed by atoms with Crippen LogP contribution in [-0.4, -0.2) is 16.2 Å². The Morgan fingerprint density at radius 2 is 2.04 bits per heavy atom. The Morgan fingerprint density at radius 3 is 2.76 bits per heavy atom. The maximum Gasteiger partial charge on any atom is 0.271 e. The average molecular weight is 350 g/mol. The molecule has 1 aromatic carbocycles. The molecule has 1 aliphatic heterocycles. The van der Waals surface area contributed by atoms with E-state index in [9.17, 15) is 4.79 Å². The van der Waals surface area contributed by atoms with Gasteiger partial charge in [0, 0.05) is 11.9 Å². The number of aryl methyl sites for hydroxylation is 1. The van der Waals surface area contributed by atoms with Crippen LogP contribution in [0.1, 0.15) is 18.2 Å². The number of fused-ring (bicyclic) bond motifs is 1. The average Bonchev–Trinajstić information content (AvgIpc) is 2.98. The van der Waals surface area contributed by atoms with E-state index in [0.717, 1.165) is 22.6 Å². The second-order valence-corrected chi connectivity index (χ2v) is 6.89. The Balaban J connectivity index is 1.68. The minimum Gasteiger partial charge on any atom is -0.334 e. The highest BCUT2D eigenvalue weighted by molar-refractivity contribution is 7.07. The molecule has 0 N–H and O–H groups in total. The van der Waals surface area contributed by atoms with Crippen molar-refractivity contribution in [3.05, 3.63) is 79.6 Å². The second kappa shape index (κ2) is 6.64. The fourth-order valence-electron chi connectivity index (χ4n) is 2.81. The maximum atomic E-state index is 12.7. The van der Waals surface area contributed by atoms with Crippen molar-refractivity contribution < 1.29 is 0 Å². The topological polar surface area (TPSA) is 50.5 Å². The number of anilines is 1. The highest BCUT2D eigenvalue weighted by Gasteiger charge is 2.15. The number of hydrogen-bond donors (Lipinski definition) is 0. The van der Waals surface area contributed by atoms with E-state index in [1.165, 1.54) is 16.9 Å². The van der Waals surface area contributed by atoms with Gasteiger partial charge in [0.2, 0.25) is 0 Å². The SMILES string of the molecule is CCc1ccc(N2CN=c3s/c(=C\c4ccccn4)c(=O)n3C2)cc1. The summed E-state index contributed by atoms with van der Waals surface area (Å²) in [5, 5.41) is 0. The van der Waals surface area contributed by atoms with Gasteiger partial charge in [-0.15, -0.1) is 0 Å². The highest BCUT2D eigenvalue weighted by atomic mass is 32.1. The van der Waals surface area contributed by atoms with Crippen LogP contribution in [0.5, 0.6) is 0 Å². The van der Waals surface area contributed by atoms with E-state index in [-0.39, 0.29) is 5.56 Å². The molecule has 0 unspecified atom stereocenters. The van der Waals surface area contributed by atoms with Crippen molar-refractivity contribution in [3.8, 4) is 0 Å². The first-order valence-electron chi connectivity index (χ1n) is 8.25. The summed E-state index contributed by atoms with van der Waals surface area (Å²) in [6.45, 7) is 3.23. The third-order valence-corrected chi connectivity index (χ3v) is 5.30. The Morgan fingerprint density at radius 1 is 1.20 bits per heavy atom. The van der Waals surface area contributed by atoms with E-state index in [0.29, 0.717) is 17.9 Å². The van der Waals surface area contributed by atoms with Crippen LogP contribution in [0.4, 0.5) is 5.69 Å². The molecule has 0 bridgehead atoms. The molecule has 2 aromatic heterocycles. The van der Waals surface area contributed by atoms with E-state index < -0.39 is 0 Å². The predicted molar refractivity (Wildman–Crippen MR) is 100 cm³/mol. The summed E-state index contributed by atoms with van der Waals surface area (Å²) in [6, 6.07) is 14.1. The molecule has 0 saturated heterocycles. The Kier molecular flexibility index (Phi) is 4.19. The van der Waals surface area contributed by atoms with Crippen molar-refractivity contribution in [1.29, 1.82) is 0 Å². The number of thiazole rings is 1. The van der Waals surface area contributed by atoms with Crippen LogP contribution in [0.25, 0.3) is 6.08 Å². The van der Waals surface area contributed by atoms with E-state index in [4.69, 9.17) is 0 Å². The fourth-order valence-corrected chi connectivity index (χ4v) is 3.76. The minimum atomic E-state index is -0.00992. The zero-order valence-corrected chi connectivity index (χ0v) is 14.7. The molecule has 3 heterocycles. The molecule has 5 nitrogen and oxygen atoms in total. The molecule has 0 spiro atoms. The van der Waals surface area contributed by atoms with Gasteiger partial charge in [0.05, 0.1) is 10.2 Å². The lowest BCUT2D eigenvalue weighted by Crippen LogP contribution is -2.42. The monoisotopic (exact) mass is 350 g/mol. The third kappa shape index (κ3) is 3.13. The first-order valence-corrected chi connectivity index (χ1v) is 9.07. The summed E-state index contributed by atoms with van der Waals surface area (Å²) in [7, 11) is 0. The fraction of sp³-hybridized carbons (Fsp3) is 0.211. The number of hydrogen-bond acceptors (Lipinski definition) is 5. The lowest BCUT2D eigenvalue weighted by Gasteiger charge is -2.25. The lowest BCUT2D eigenvalue weighted by molar-refractivity contribution is 0.569. The van der Waals surface area contributed by atoms with Gasteiger partial charge in [0.15, 0.2) is 4.80 Å². The molecule has 1 aliphatic rings. The molecular weight excluding hydrogens is 332 g/mol. The highest BCUT2D eigenvalue weighted by Crippen LogP contribution is 2.17. The van der Waals surface area contributed by atoms with Gasteiger partial charge in [-0.1, -0.05) is 36.5 Å². The van der Waals surface area contributed by atoms with Gasteiger partial charge in [-0.25, -0.2) is 4.99 Å². The predicted octanol–water partition coefficient (Wildman–Crippen LogP) is 1.75. The molecule has 126 valence electrons. The number of pyridine rings is 1. The summed E-state index contributed by atoms with van der Waals surface area (Å²) in [4.78, 5) is 24.4. The van der Waals surface area contributed by atoms with Crippen LogP contribution in [0.15, 0.2) is 58.4 Å². The standard InChI is InChI=1S/C19H18N4OS/c1-2-14-6-8-16(9-7-14)22-12-21-19-23(13-22)18(24)17(25-19)11-15-5-3-4-10-20-15/h3-11H,2,12-13H2,1H3/b17-11-. The summed E-state index contributed by atoms with van der Waals surface area (Å²) >= 11 is 1.42. The molecule has 0 atom stereocenters. The Labute approximate surface area is 149 Å². The lowest BCUT2D eigenvalue weighted by atomic mass is 10.1. The zero-order chi connectivity index (χ0) is 17.2. The van der Waals surface area contributed by atoms with Crippen LogP contribution in [-0.2, 0) is 13.1 Å². The Bertz CT molecular complexity index is 1050. The first kappa shape index (κ1) is 15.8. The summed E-state index contributed by atoms with van der Waals surface area (Å²) < 4.78 is 2.40. The van der Waals surface area contributed by atoms with Gasteiger partial charge < -0.3 is 4.90 Å². The molecule has 0 aliphatic carbocycles. The molecule has 3 aromatic rings. The molecule has 6 heteroatoms. The van der Waals surface area contributed by atoms with Crippen molar-refractivity contribution in [2.75, 3.05) is 11.6 Å². The maximum absolute atomic E-state index is 12.7. The van der Waals surface area contributed by atoms with Gasteiger partial charge in [-0.05, 0) is 42.3 Å². The second-order valence-electron chi connectivity index (χ2n) is 5.88. The number of benzene rings is 1. The van der Waals surface area contributed by atoms with Gasteiger partial charge >= 0.3 is 0 Å². The molecule has 0 fully saturated rings. The molecule has 25 heavy (non-hydrogen) atoms. The normalized spacial score (nSPS) is 14.3. The van der Waals surface area contributed by atoms with Gasteiger partial charge in [0.25, 0.3) is 5.56 Å². The van der Waals surface area contributed by atoms with Crippen LogP contribution in [0.3, 0.4) is 0 Å². The van der Waals surface area contributed by atoms with E-state index in [2.05, 4.69) is 46.1 Å². The van der Waals surface area contributed by atoms with Crippen molar-refractivity contribution in [2.45, 2.75) is 20.0 Å². The van der Waals surface area contributed by atoms with E-state index in [1.807, 2.05) is 24.3 Å². The van der Waals surface area contributed by atoms with E-state index in [1.54, 1.807) is 10.8 Å². The largest absolute Gasteiger partial charge is 0.334 e. The van der Waals surface area contributed by atoms with Gasteiger partial charge in [-0.2, -0.15) is 0 Å². The smallest absolute Gasteiger partial charge is 0.271 e. The molecular formula is C19H18N4OS. The first-order chi connectivity index (χ1) is 12.2. The van der Waals surface area contributed by atoms with Crippen LogP contribution in [0.2, 0.25) is 0 Å². The minimum absolute atomic E-state index is 0.00992. The van der Waals surface area contributed by atoms with Crippen LogP contribution < -0.4 is 19.8 Å². The van der Waals surface area contributed by atoms with Gasteiger partial charge in [-0.3, -0.25) is 14.3 Å². The molecule has 0 amide bonds. The van der Waals surface area contributed by atoms with Crippen molar-refractivity contribution in [2.24, 2.45) is 4.99 Å². The third-order valence-electron chi connectivity index (χ3n) is 4.25. The quantitative estimate of drug-likeness (QED) is 0.723. The summed E-state index contributed by atoms with van der Waals surface area (Å²) in [5.74, 6) is 0. The van der Waals surface area contributed by atoms with Crippen molar-refractivity contribution in [1.82, 2.24) is 9.55 Å².